The molecule has 0 unspecified atom stereocenters. The van der Waals surface area contributed by atoms with Gasteiger partial charge in [0, 0.05) is 6.07 Å². The minimum absolute atomic E-state index is 0.0799. The van der Waals surface area contributed by atoms with E-state index in [4.69, 9.17) is 0 Å². The van der Waals surface area contributed by atoms with E-state index in [1.54, 1.807) is 0 Å². The standard InChI is InChI=1S/2C8H11N.C6HBF4O3/c2*1-9(2)8-6-4-3-5-7-8;8-2-1-3(14-7(12)13)5(10)6(11)4(2)9/h2*3-7H,1-2H3;1H/q;;-2/p+2. The van der Waals surface area contributed by atoms with Gasteiger partial charge in [0.25, 0.3) is 0 Å². The maximum atomic E-state index is 12.6. The van der Waals surface area contributed by atoms with Gasteiger partial charge < -0.3 is 24.5 Å². The van der Waals surface area contributed by atoms with E-state index in [0.717, 1.165) is 0 Å². The van der Waals surface area contributed by atoms with E-state index in [1.165, 1.54) is 21.2 Å². The van der Waals surface area contributed by atoms with Gasteiger partial charge in [0.15, 0.2) is 11.6 Å². The minimum atomic E-state index is -2.95. The molecule has 172 valence electrons. The summed E-state index contributed by atoms with van der Waals surface area (Å²) in [4.78, 5) is 2.74. The van der Waals surface area contributed by atoms with Crippen molar-refractivity contribution in [2.45, 2.75) is 0 Å². The lowest BCUT2D eigenvalue weighted by Gasteiger charge is -2.26. The number of para-hydroxylation sites is 2. The van der Waals surface area contributed by atoms with Crippen LogP contribution >= 0.6 is 0 Å². The minimum Gasteiger partial charge on any atom is -0.860 e. The van der Waals surface area contributed by atoms with Crippen molar-refractivity contribution in [3.05, 3.63) is 90.0 Å². The molecule has 3 aromatic rings. The molecule has 0 aliphatic carbocycles. The van der Waals surface area contributed by atoms with Crippen LogP contribution in [0.3, 0.4) is 0 Å². The molecule has 0 aliphatic rings. The normalized spacial score (nSPS) is 10.1. The van der Waals surface area contributed by atoms with Gasteiger partial charge in [0.2, 0.25) is 11.6 Å². The second kappa shape index (κ2) is 13.5. The number of benzene rings is 3. The first-order chi connectivity index (χ1) is 15.0. The molecule has 0 atom stereocenters. The lowest BCUT2D eigenvalue weighted by atomic mass is 10.2. The van der Waals surface area contributed by atoms with Gasteiger partial charge in [-0.05, 0) is 24.3 Å². The van der Waals surface area contributed by atoms with Crippen LogP contribution in [0.4, 0.5) is 28.9 Å². The topological polar surface area (TPSA) is 64.2 Å². The van der Waals surface area contributed by atoms with Crippen LogP contribution in [0.15, 0.2) is 66.7 Å². The summed E-state index contributed by atoms with van der Waals surface area (Å²) in [6.07, 6.45) is 0. The van der Waals surface area contributed by atoms with Crippen molar-refractivity contribution in [3.63, 3.8) is 0 Å². The van der Waals surface area contributed by atoms with Gasteiger partial charge in [-0.25, -0.2) is 13.2 Å². The molecule has 10 heteroatoms. The Morgan fingerprint density at radius 3 is 1.38 bits per heavy atom. The number of halogens is 4. The van der Waals surface area contributed by atoms with Crippen molar-refractivity contribution in [2.24, 2.45) is 0 Å². The molecule has 3 rings (SSSR count). The summed E-state index contributed by atoms with van der Waals surface area (Å²) in [6, 6.07) is 20.9. The highest BCUT2D eigenvalue weighted by Crippen LogP contribution is 2.24. The molecule has 32 heavy (non-hydrogen) atoms. The first-order valence-corrected chi connectivity index (χ1v) is 9.57. The predicted octanol–water partition coefficient (Wildman–Crippen LogP) is 0.253. The molecular formula is C22H25BF4N2O3. The predicted molar refractivity (Wildman–Crippen MR) is 110 cm³/mol. The average molecular weight is 452 g/mol. The summed E-state index contributed by atoms with van der Waals surface area (Å²) in [7, 11) is 5.53. The Labute approximate surface area is 185 Å². The number of nitrogens with one attached hydrogen (secondary N) is 2. The van der Waals surface area contributed by atoms with Crippen LogP contribution in [0.5, 0.6) is 5.75 Å². The van der Waals surface area contributed by atoms with Gasteiger partial charge in [0.05, 0.1) is 28.2 Å². The molecule has 0 amide bonds. The van der Waals surface area contributed by atoms with Crippen LogP contribution in [0.1, 0.15) is 0 Å². The third-order valence-electron chi connectivity index (χ3n) is 3.99. The van der Waals surface area contributed by atoms with E-state index in [9.17, 15) is 27.6 Å². The second-order valence-electron chi connectivity index (χ2n) is 6.94. The summed E-state index contributed by atoms with van der Waals surface area (Å²) in [5, 5.41) is 19.7. The van der Waals surface area contributed by atoms with E-state index in [2.05, 4.69) is 81.4 Å². The van der Waals surface area contributed by atoms with Crippen molar-refractivity contribution in [2.75, 3.05) is 28.2 Å². The Morgan fingerprint density at radius 2 is 1.06 bits per heavy atom. The smallest absolute Gasteiger partial charge is 0.201 e. The van der Waals surface area contributed by atoms with Gasteiger partial charge >= 0.3 is 0 Å². The van der Waals surface area contributed by atoms with Gasteiger partial charge in [-0.2, -0.15) is 4.39 Å². The summed E-state index contributed by atoms with van der Waals surface area (Å²) < 4.78 is 53.4. The summed E-state index contributed by atoms with van der Waals surface area (Å²) >= 11 is 0. The van der Waals surface area contributed by atoms with E-state index in [0.29, 0.717) is 0 Å². The molecule has 5 nitrogen and oxygen atoms in total. The SMILES string of the molecule is C[NH+](C)c1ccccc1.C[NH+](C)c1ccccc1.[O-]B([O-])Oc1cc(F)c(F)c(F)c1F. The van der Waals surface area contributed by atoms with E-state index < -0.39 is 36.3 Å². The number of rotatable bonds is 4. The van der Waals surface area contributed by atoms with Gasteiger partial charge in [-0.3, -0.25) is 0 Å². The van der Waals surface area contributed by atoms with Gasteiger partial charge in [0.1, 0.15) is 24.4 Å². The van der Waals surface area contributed by atoms with E-state index >= 15 is 0 Å². The molecule has 0 aromatic heterocycles. The van der Waals surface area contributed by atoms with Crippen molar-refractivity contribution >= 4 is 18.7 Å². The Balaban J connectivity index is 0.000000250. The van der Waals surface area contributed by atoms with Crippen molar-refractivity contribution < 1.29 is 42.1 Å². The molecule has 0 radical (unpaired) electrons. The highest BCUT2D eigenvalue weighted by molar-refractivity contribution is 6.29. The molecule has 0 bridgehead atoms. The maximum absolute atomic E-state index is 12.6. The van der Waals surface area contributed by atoms with Crippen LogP contribution in [0.25, 0.3) is 0 Å². The molecule has 2 N–H and O–H groups in total. The fourth-order valence-electron chi connectivity index (χ4n) is 2.28. The lowest BCUT2D eigenvalue weighted by molar-refractivity contribution is -0.786. The number of hydrogen-bond acceptors (Lipinski definition) is 3. The molecular weight excluding hydrogens is 427 g/mol. The number of hydrogen-bond donors (Lipinski definition) is 2. The molecule has 0 saturated heterocycles. The Kier molecular flexibility index (Phi) is 11.4. The quantitative estimate of drug-likeness (QED) is 0.258. The van der Waals surface area contributed by atoms with Crippen LogP contribution in [0.2, 0.25) is 0 Å². The van der Waals surface area contributed by atoms with Gasteiger partial charge in [-0.15, -0.1) is 0 Å². The zero-order chi connectivity index (χ0) is 24.3. The van der Waals surface area contributed by atoms with Crippen molar-refractivity contribution in [1.82, 2.24) is 0 Å². The largest absolute Gasteiger partial charge is 0.860 e. The molecule has 0 saturated carbocycles. The van der Waals surface area contributed by atoms with Crippen LogP contribution in [-0.2, 0) is 0 Å². The zero-order valence-corrected chi connectivity index (χ0v) is 18.2. The van der Waals surface area contributed by atoms with Gasteiger partial charge in [-0.1, -0.05) is 36.4 Å². The van der Waals surface area contributed by atoms with Crippen LogP contribution < -0.4 is 24.5 Å². The summed E-state index contributed by atoms with van der Waals surface area (Å²) in [5.74, 6) is -9.10. The Bertz CT molecular complexity index is 903. The first-order valence-electron chi connectivity index (χ1n) is 9.57. The second-order valence-corrected chi connectivity index (χ2v) is 6.94. The lowest BCUT2D eigenvalue weighted by Crippen LogP contribution is -3.00. The monoisotopic (exact) mass is 452 g/mol. The van der Waals surface area contributed by atoms with E-state index in [1.807, 2.05) is 12.1 Å². The molecule has 3 aromatic carbocycles. The molecule has 0 spiro atoms. The third kappa shape index (κ3) is 9.07. The van der Waals surface area contributed by atoms with Crippen molar-refractivity contribution in [1.29, 1.82) is 0 Å². The van der Waals surface area contributed by atoms with Crippen LogP contribution in [-0.4, -0.2) is 35.5 Å². The third-order valence-corrected chi connectivity index (χ3v) is 3.99. The molecule has 0 fully saturated rings. The fraction of sp³-hybridized carbons (Fsp3) is 0.182. The molecule has 0 heterocycles. The Morgan fingerprint density at radius 1 is 0.656 bits per heavy atom. The highest BCUT2D eigenvalue weighted by Gasteiger charge is 2.18. The van der Waals surface area contributed by atoms with Crippen LogP contribution in [0, 0.1) is 23.3 Å². The average Bonchev–Trinajstić information content (AvgIpc) is 2.78. The van der Waals surface area contributed by atoms with Crippen molar-refractivity contribution in [3.8, 4) is 5.75 Å². The Hall–Kier alpha value is -2.92. The van der Waals surface area contributed by atoms with E-state index in [-0.39, 0.29) is 6.07 Å². The summed E-state index contributed by atoms with van der Waals surface area (Å²) in [6.45, 7) is 0. The maximum Gasteiger partial charge on any atom is 0.201 e. The zero-order valence-electron chi connectivity index (χ0n) is 18.2. The number of quaternary nitrogens is 2. The first kappa shape index (κ1) is 27.1. The summed E-state index contributed by atoms with van der Waals surface area (Å²) in [5.41, 5.74) is 2.66. The highest BCUT2D eigenvalue weighted by atomic mass is 19.2. The molecule has 0 aliphatic heterocycles. The fourth-order valence-corrected chi connectivity index (χ4v) is 2.28.